The molecule has 2 aliphatic rings. The topological polar surface area (TPSA) is 49.4 Å². The fraction of sp³-hybridized carbons (Fsp3) is 0.750. The van der Waals surface area contributed by atoms with Gasteiger partial charge in [0.05, 0.1) is 6.54 Å². The Morgan fingerprint density at radius 2 is 2.08 bits per heavy atom. The molecule has 0 aromatic carbocycles. The Hall–Kier alpha value is -1.06. The van der Waals surface area contributed by atoms with Crippen LogP contribution in [-0.4, -0.2) is 36.3 Å². The zero-order valence-corrected chi connectivity index (χ0v) is 7.04. The van der Waals surface area contributed by atoms with E-state index in [1.807, 2.05) is 0 Å². The second kappa shape index (κ2) is 2.47. The summed E-state index contributed by atoms with van der Waals surface area (Å²) >= 11 is 0. The Bertz CT molecular complexity index is 235. The van der Waals surface area contributed by atoms with Crippen LogP contribution in [0, 0.1) is 5.92 Å². The molecule has 12 heavy (non-hydrogen) atoms. The quantitative estimate of drug-likeness (QED) is 0.566. The highest BCUT2D eigenvalue weighted by Gasteiger charge is 2.41. The van der Waals surface area contributed by atoms with Gasteiger partial charge in [-0.25, -0.2) is 0 Å². The third kappa shape index (κ3) is 1.17. The molecule has 1 N–H and O–H groups in total. The van der Waals surface area contributed by atoms with Crippen molar-refractivity contribution in [3.05, 3.63) is 0 Å². The molecule has 4 heteroatoms. The fourth-order valence-corrected chi connectivity index (χ4v) is 1.56. The van der Waals surface area contributed by atoms with Crippen molar-refractivity contribution >= 4 is 11.8 Å². The highest BCUT2D eigenvalue weighted by atomic mass is 16.2. The van der Waals surface area contributed by atoms with Crippen LogP contribution in [0.1, 0.15) is 12.8 Å². The monoisotopic (exact) mass is 168 g/mol. The molecule has 66 valence electrons. The summed E-state index contributed by atoms with van der Waals surface area (Å²) in [6.07, 6.45) is 2.15. The molecule has 1 unspecified atom stereocenters. The van der Waals surface area contributed by atoms with E-state index in [1.54, 1.807) is 7.05 Å². The number of hydrogen-bond acceptors (Lipinski definition) is 2. The van der Waals surface area contributed by atoms with Crippen LogP contribution < -0.4 is 5.32 Å². The highest BCUT2D eigenvalue weighted by Crippen LogP contribution is 2.33. The van der Waals surface area contributed by atoms with Crippen LogP contribution in [-0.2, 0) is 9.59 Å². The number of likely N-dealkylation sites (N-methyl/N-ethyl adjacent to an activating group) is 1. The van der Waals surface area contributed by atoms with Crippen molar-refractivity contribution in [2.45, 2.75) is 18.9 Å². The van der Waals surface area contributed by atoms with Gasteiger partial charge in [-0.15, -0.1) is 0 Å². The number of nitrogens with one attached hydrogen (secondary N) is 1. The molecule has 0 aromatic rings. The molecule has 1 aliphatic carbocycles. The smallest absolute Gasteiger partial charge is 0.245 e. The van der Waals surface area contributed by atoms with E-state index in [1.165, 1.54) is 4.90 Å². The largest absolute Gasteiger partial charge is 0.342 e. The molecule has 2 amide bonds. The second-order valence-corrected chi connectivity index (χ2v) is 3.58. The summed E-state index contributed by atoms with van der Waals surface area (Å²) in [5, 5.41) is 2.73. The molecule has 2 rings (SSSR count). The molecule has 0 spiro atoms. The van der Waals surface area contributed by atoms with Crippen molar-refractivity contribution in [3.63, 3.8) is 0 Å². The number of nitrogens with zero attached hydrogens (tertiary/aromatic N) is 1. The maximum atomic E-state index is 11.5. The van der Waals surface area contributed by atoms with Crippen molar-refractivity contribution in [2.75, 3.05) is 13.6 Å². The Balaban J connectivity index is 2.09. The van der Waals surface area contributed by atoms with E-state index in [4.69, 9.17) is 0 Å². The predicted molar refractivity (Wildman–Crippen MR) is 42.3 cm³/mol. The Labute approximate surface area is 70.9 Å². The summed E-state index contributed by atoms with van der Waals surface area (Å²) in [7, 11) is 1.68. The summed E-state index contributed by atoms with van der Waals surface area (Å²) in [5.74, 6) is 0.440. The highest BCUT2D eigenvalue weighted by molar-refractivity contribution is 5.95. The number of amides is 2. The van der Waals surface area contributed by atoms with Gasteiger partial charge in [-0.1, -0.05) is 0 Å². The van der Waals surface area contributed by atoms with Gasteiger partial charge in [0.2, 0.25) is 11.8 Å². The van der Waals surface area contributed by atoms with Crippen molar-refractivity contribution in [3.8, 4) is 0 Å². The summed E-state index contributed by atoms with van der Waals surface area (Å²) in [6.45, 7) is 0.210. The number of carbonyl (C=O) groups is 2. The lowest BCUT2D eigenvalue weighted by Crippen LogP contribution is -2.57. The zero-order chi connectivity index (χ0) is 8.72. The van der Waals surface area contributed by atoms with Crippen LogP contribution in [0.15, 0.2) is 0 Å². The van der Waals surface area contributed by atoms with Crippen molar-refractivity contribution in [1.29, 1.82) is 0 Å². The van der Waals surface area contributed by atoms with Gasteiger partial charge in [0.25, 0.3) is 0 Å². The third-order valence-electron chi connectivity index (χ3n) is 2.43. The van der Waals surface area contributed by atoms with Crippen molar-refractivity contribution in [2.24, 2.45) is 5.92 Å². The molecule has 4 nitrogen and oxygen atoms in total. The average Bonchev–Trinajstić information content (AvgIpc) is 2.79. The van der Waals surface area contributed by atoms with Crippen LogP contribution in [0.3, 0.4) is 0 Å². The van der Waals surface area contributed by atoms with Crippen LogP contribution >= 0.6 is 0 Å². The molecule has 0 aromatic heterocycles. The average molecular weight is 168 g/mol. The molecule has 0 bridgehead atoms. The third-order valence-corrected chi connectivity index (χ3v) is 2.43. The van der Waals surface area contributed by atoms with Gasteiger partial charge in [0.1, 0.15) is 6.04 Å². The van der Waals surface area contributed by atoms with Gasteiger partial charge >= 0.3 is 0 Å². The molecular weight excluding hydrogens is 156 g/mol. The van der Waals surface area contributed by atoms with Crippen LogP contribution in [0.2, 0.25) is 0 Å². The van der Waals surface area contributed by atoms with E-state index in [-0.39, 0.29) is 24.4 Å². The van der Waals surface area contributed by atoms with E-state index in [2.05, 4.69) is 5.32 Å². The summed E-state index contributed by atoms with van der Waals surface area (Å²) in [4.78, 5) is 24.0. The maximum Gasteiger partial charge on any atom is 0.245 e. The first kappa shape index (κ1) is 7.58. The van der Waals surface area contributed by atoms with Gasteiger partial charge in [-0.05, 0) is 18.8 Å². The van der Waals surface area contributed by atoms with Crippen LogP contribution in [0.5, 0.6) is 0 Å². The normalized spacial score (nSPS) is 30.4. The van der Waals surface area contributed by atoms with E-state index < -0.39 is 0 Å². The van der Waals surface area contributed by atoms with Gasteiger partial charge in [-0.3, -0.25) is 9.59 Å². The van der Waals surface area contributed by atoms with Crippen LogP contribution in [0.25, 0.3) is 0 Å². The minimum Gasteiger partial charge on any atom is -0.342 e. The molecule has 1 heterocycles. The number of rotatable bonds is 1. The van der Waals surface area contributed by atoms with Crippen molar-refractivity contribution < 1.29 is 9.59 Å². The molecular formula is C8H12N2O2. The molecule has 1 saturated heterocycles. The first-order valence-corrected chi connectivity index (χ1v) is 4.23. The molecule has 1 aliphatic heterocycles. The van der Waals surface area contributed by atoms with Gasteiger partial charge in [0.15, 0.2) is 0 Å². The lowest BCUT2D eigenvalue weighted by atomic mass is 10.1. The first-order valence-electron chi connectivity index (χ1n) is 4.23. The van der Waals surface area contributed by atoms with Gasteiger partial charge < -0.3 is 10.2 Å². The standard InChI is InChI=1S/C8H12N2O2/c1-10-4-6(11)9-7(8(10)12)5-2-3-5/h5,7H,2-4H2,1H3,(H,9,11). The lowest BCUT2D eigenvalue weighted by molar-refractivity contribution is -0.143. The number of piperazine rings is 1. The van der Waals surface area contributed by atoms with E-state index in [0.717, 1.165) is 12.8 Å². The number of carbonyl (C=O) groups excluding carboxylic acids is 2. The van der Waals surface area contributed by atoms with Gasteiger partial charge in [-0.2, -0.15) is 0 Å². The summed E-state index contributed by atoms with van der Waals surface area (Å²) in [5.41, 5.74) is 0. The second-order valence-electron chi connectivity index (χ2n) is 3.58. The minimum absolute atomic E-state index is 0.0333. The summed E-state index contributed by atoms with van der Waals surface area (Å²) in [6, 6.07) is -0.226. The Morgan fingerprint density at radius 3 is 2.67 bits per heavy atom. The predicted octanol–water partition coefficient (Wildman–Crippen LogP) is -0.647. The zero-order valence-electron chi connectivity index (χ0n) is 7.04. The summed E-state index contributed by atoms with van der Waals surface area (Å²) < 4.78 is 0. The van der Waals surface area contributed by atoms with E-state index >= 15 is 0 Å². The molecule has 0 radical (unpaired) electrons. The van der Waals surface area contributed by atoms with Gasteiger partial charge in [0, 0.05) is 7.05 Å². The molecule has 1 saturated carbocycles. The molecule has 2 fully saturated rings. The SMILES string of the molecule is CN1CC(=O)NC(C2CC2)C1=O. The maximum absolute atomic E-state index is 11.5. The Morgan fingerprint density at radius 1 is 1.42 bits per heavy atom. The first-order chi connectivity index (χ1) is 5.68. The number of hydrogen-bond donors (Lipinski definition) is 1. The fourth-order valence-electron chi connectivity index (χ4n) is 1.56. The molecule has 1 atom stereocenters. The Kier molecular flexibility index (Phi) is 1.56. The van der Waals surface area contributed by atoms with Crippen LogP contribution in [0.4, 0.5) is 0 Å². The lowest BCUT2D eigenvalue weighted by Gasteiger charge is -2.29. The minimum atomic E-state index is -0.226. The van der Waals surface area contributed by atoms with E-state index in [9.17, 15) is 9.59 Å². The van der Waals surface area contributed by atoms with Crippen molar-refractivity contribution in [1.82, 2.24) is 10.2 Å². The van der Waals surface area contributed by atoms with E-state index in [0.29, 0.717) is 5.92 Å².